The summed E-state index contributed by atoms with van der Waals surface area (Å²) in [5, 5.41) is 4.99. The Bertz CT molecular complexity index is 315. The largest absolute Gasteiger partial charge is 0.450 e. The van der Waals surface area contributed by atoms with E-state index < -0.39 is 6.09 Å². The summed E-state index contributed by atoms with van der Waals surface area (Å²) in [5.74, 6) is 0.164. The third-order valence-corrected chi connectivity index (χ3v) is 2.20. The summed E-state index contributed by atoms with van der Waals surface area (Å²) in [7, 11) is 0. The minimum Gasteiger partial charge on any atom is -0.450 e. The highest BCUT2D eigenvalue weighted by Crippen LogP contribution is 1.91. The second-order valence-electron chi connectivity index (χ2n) is 4.33. The van der Waals surface area contributed by atoms with E-state index in [1.54, 1.807) is 13.8 Å². The Kier molecular flexibility index (Phi) is 18.6. The molecule has 0 saturated heterocycles. The van der Waals surface area contributed by atoms with Gasteiger partial charge in [-0.3, -0.25) is 0 Å². The van der Waals surface area contributed by atoms with Gasteiger partial charge in [-0.15, -0.1) is 0 Å². The summed E-state index contributed by atoms with van der Waals surface area (Å²) in [6, 6.07) is 0. The molecule has 0 fully saturated rings. The lowest BCUT2D eigenvalue weighted by molar-refractivity contribution is -0.117. The number of Topliss-reactive ketones (excluding diaryl/α,β-unsaturated/α-hetero) is 1. The Balaban J connectivity index is 0. The molecule has 0 bridgehead atoms. The van der Waals surface area contributed by atoms with Gasteiger partial charge in [-0.05, 0) is 34.1 Å². The zero-order valence-electron chi connectivity index (χ0n) is 14.6. The van der Waals surface area contributed by atoms with Crippen molar-refractivity contribution in [1.29, 1.82) is 0 Å². The minimum absolute atomic E-state index is 0.164. The van der Waals surface area contributed by atoms with Crippen LogP contribution in [0.5, 0.6) is 0 Å². The van der Waals surface area contributed by atoms with Gasteiger partial charge in [0, 0.05) is 26.1 Å². The molecule has 8 nitrogen and oxygen atoms in total. The zero-order valence-corrected chi connectivity index (χ0v) is 14.6. The number of carbonyl (C=O) groups is 3. The molecule has 2 N–H and O–H groups in total. The smallest absolute Gasteiger partial charge is 0.407 e. The van der Waals surface area contributed by atoms with Crippen molar-refractivity contribution >= 4 is 18.0 Å². The Labute approximate surface area is 138 Å². The number of carbonyl (C=O) groups excluding carboxylic acids is 3. The third-order valence-electron chi connectivity index (χ3n) is 2.20. The van der Waals surface area contributed by atoms with Crippen molar-refractivity contribution in [2.24, 2.45) is 0 Å². The normalized spacial score (nSPS) is 9.22. The molecule has 0 aromatic carbocycles. The summed E-state index contributed by atoms with van der Waals surface area (Å²) >= 11 is 0. The van der Waals surface area contributed by atoms with Crippen molar-refractivity contribution in [3.63, 3.8) is 0 Å². The lowest BCUT2D eigenvalue weighted by Gasteiger charge is -2.05. The monoisotopic (exact) mass is 334 g/mol. The van der Waals surface area contributed by atoms with Gasteiger partial charge in [-0.2, -0.15) is 0 Å². The maximum Gasteiger partial charge on any atom is 0.407 e. The number of hydrogen-bond donors (Lipinski definition) is 2. The molecule has 0 aliphatic rings. The van der Waals surface area contributed by atoms with Gasteiger partial charge in [-0.25, -0.2) is 9.59 Å². The van der Waals surface area contributed by atoms with Gasteiger partial charge >= 0.3 is 12.2 Å². The fourth-order valence-electron chi connectivity index (χ4n) is 1.24. The van der Waals surface area contributed by atoms with Crippen LogP contribution in [0.2, 0.25) is 0 Å². The first-order chi connectivity index (χ1) is 11.0. The summed E-state index contributed by atoms with van der Waals surface area (Å²) in [6.07, 6.45) is 0.494. The zero-order chi connectivity index (χ0) is 17.9. The molecule has 0 aliphatic heterocycles. The van der Waals surface area contributed by atoms with E-state index in [4.69, 9.17) is 9.47 Å². The molecule has 0 saturated carbocycles. The standard InChI is InChI=1S/C10H19NO4.C5H11NO2/c1-3-11-10(13)15-8-7-14-6-4-5-9(2)12;1-3-6-5(7)8-4-2/h3-8H2,1-2H3,(H,11,13);3-4H2,1-2H3,(H,6,7). The highest BCUT2D eigenvalue weighted by molar-refractivity contribution is 5.75. The van der Waals surface area contributed by atoms with E-state index in [-0.39, 0.29) is 18.5 Å². The number of alkyl carbamates (subject to hydrolysis) is 2. The molecule has 0 heterocycles. The van der Waals surface area contributed by atoms with Crippen molar-refractivity contribution in [2.75, 3.05) is 39.5 Å². The van der Waals surface area contributed by atoms with E-state index in [1.165, 1.54) is 0 Å². The van der Waals surface area contributed by atoms with Crippen molar-refractivity contribution in [3.8, 4) is 0 Å². The summed E-state index contributed by atoms with van der Waals surface area (Å²) in [6.45, 7) is 9.74. The number of ether oxygens (including phenoxy) is 3. The van der Waals surface area contributed by atoms with Crippen LogP contribution in [0, 0.1) is 0 Å². The van der Waals surface area contributed by atoms with Gasteiger partial charge in [0.2, 0.25) is 0 Å². The number of rotatable bonds is 10. The second-order valence-corrected chi connectivity index (χ2v) is 4.33. The van der Waals surface area contributed by atoms with Crippen LogP contribution < -0.4 is 10.6 Å². The molecule has 0 unspecified atom stereocenters. The van der Waals surface area contributed by atoms with Gasteiger partial charge in [-0.1, -0.05) is 0 Å². The van der Waals surface area contributed by atoms with Crippen molar-refractivity contribution in [3.05, 3.63) is 0 Å². The van der Waals surface area contributed by atoms with Crippen molar-refractivity contribution < 1.29 is 28.6 Å². The van der Waals surface area contributed by atoms with Gasteiger partial charge in [0.1, 0.15) is 12.4 Å². The van der Waals surface area contributed by atoms with Crippen LogP contribution in [-0.2, 0) is 19.0 Å². The number of nitrogens with one attached hydrogen (secondary N) is 2. The molecule has 23 heavy (non-hydrogen) atoms. The molecule has 0 rings (SSSR count). The fraction of sp³-hybridized carbons (Fsp3) is 0.800. The van der Waals surface area contributed by atoms with Crippen LogP contribution in [0.25, 0.3) is 0 Å². The molecule has 0 aromatic rings. The topological polar surface area (TPSA) is 103 Å². The average Bonchev–Trinajstić information content (AvgIpc) is 2.47. The van der Waals surface area contributed by atoms with Crippen LogP contribution >= 0.6 is 0 Å². The fourth-order valence-corrected chi connectivity index (χ4v) is 1.24. The summed E-state index contributed by atoms with van der Waals surface area (Å²) in [4.78, 5) is 31.7. The van der Waals surface area contributed by atoms with Crippen LogP contribution in [0.3, 0.4) is 0 Å². The Hall–Kier alpha value is -1.83. The number of amides is 2. The first-order valence-corrected chi connectivity index (χ1v) is 7.86. The van der Waals surface area contributed by atoms with Crippen molar-refractivity contribution in [1.82, 2.24) is 10.6 Å². The van der Waals surface area contributed by atoms with E-state index in [9.17, 15) is 14.4 Å². The lowest BCUT2D eigenvalue weighted by Crippen LogP contribution is -2.25. The predicted octanol–water partition coefficient (Wildman–Crippen LogP) is 1.87. The van der Waals surface area contributed by atoms with E-state index in [0.29, 0.717) is 39.3 Å². The predicted molar refractivity (Wildman–Crippen MR) is 86.5 cm³/mol. The van der Waals surface area contributed by atoms with Gasteiger partial charge in [0.15, 0.2) is 0 Å². The molecule has 0 atom stereocenters. The average molecular weight is 334 g/mol. The molecule has 136 valence electrons. The lowest BCUT2D eigenvalue weighted by atomic mass is 10.2. The highest BCUT2D eigenvalue weighted by Gasteiger charge is 1.98. The third kappa shape index (κ3) is 22.6. The van der Waals surface area contributed by atoms with Crippen LogP contribution in [0.15, 0.2) is 0 Å². The van der Waals surface area contributed by atoms with Gasteiger partial charge in [0.05, 0.1) is 13.2 Å². The van der Waals surface area contributed by atoms with E-state index in [1.807, 2.05) is 13.8 Å². The molecular weight excluding hydrogens is 304 g/mol. The number of ketones is 1. The SMILES string of the molecule is CCNC(=O)OCC.CCNC(=O)OCCOCCCC(C)=O. The van der Waals surface area contributed by atoms with E-state index in [0.717, 1.165) is 6.42 Å². The molecule has 8 heteroatoms. The van der Waals surface area contributed by atoms with Crippen LogP contribution in [0.1, 0.15) is 40.5 Å². The molecule has 0 aromatic heterocycles. The van der Waals surface area contributed by atoms with E-state index in [2.05, 4.69) is 15.4 Å². The Morgan fingerprint density at radius 2 is 1.39 bits per heavy atom. The molecule has 2 amide bonds. The molecule has 0 radical (unpaired) electrons. The first-order valence-electron chi connectivity index (χ1n) is 7.86. The summed E-state index contributed by atoms with van der Waals surface area (Å²) in [5.41, 5.74) is 0. The quantitative estimate of drug-likeness (QED) is 0.591. The number of hydrogen-bond acceptors (Lipinski definition) is 6. The van der Waals surface area contributed by atoms with Gasteiger partial charge < -0.3 is 29.6 Å². The molecule has 0 aliphatic carbocycles. The molecule has 0 spiro atoms. The Morgan fingerprint density at radius 1 is 0.826 bits per heavy atom. The second kappa shape index (κ2) is 18.2. The van der Waals surface area contributed by atoms with Gasteiger partial charge in [0.25, 0.3) is 0 Å². The van der Waals surface area contributed by atoms with E-state index >= 15 is 0 Å². The first kappa shape index (κ1) is 23.4. The van der Waals surface area contributed by atoms with Crippen LogP contribution in [-0.4, -0.2) is 57.5 Å². The molecular formula is C15H30N2O6. The summed E-state index contributed by atoms with van der Waals surface area (Å²) < 4.78 is 14.5. The van der Waals surface area contributed by atoms with Crippen molar-refractivity contribution in [2.45, 2.75) is 40.5 Å². The van der Waals surface area contributed by atoms with Crippen LogP contribution in [0.4, 0.5) is 9.59 Å². The Morgan fingerprint density at radius 3 is 1.87 bits per heavy atom. The maximum atomic E-state index is 10.8. The maximum absolute atomic E-state index is 10.8. The minimum atomic E-state index is -0.426. The highest BCUT2D eigenvalue weighted by atomic mass is 16.6.